The molecule has 2 rings (SSSR count). The molecule has 0 aliphatic rings. The molecule has 7 heteroatoms. The molecule has 0 fully saturated rings. The Balaban J connectivity index is 2.02. The molecule has 4 nitrogen and oxygen atoms in total. The number of methoxy groups -OCH3 is 1. The zero-order valence-corrected chi connectivity index (χ0v) is 15.5. The van der Waals surface area contributed by atoms with E-state index < -0.39 is 5.60 Å². The number of hydrogen-bond acceptors (Lipinski definition) is 2. The van der Waals surface area contributed by atoms with E-state index in [1.165, 1.54) is 0 Å². The molecule has 0 bridgehead atoms. The highest BCUT2D eigenvalue weighted by Gasteiger charge is 2.27. The van der Waals surface area contributed by atoms with Crippen molar-refractivity contribution in [2.75, 3.05) is 19.0 Å². The van der Waals surface area contributed by atoms with Gasteiger partial charge in [0.1, 0.15) is 5.60 Å². The van der Waals surface area contributed by atoms with Gasteiger partial charge in [-0.2, -0.15) is 0 Å². The van der Waals surface area contributed by atoms with Crippen LogP contribution in [0.4, 0.5) is 10.5 Å². The molecule has 0 aliphatic carbocycles. The topological polar surface area (TPSA) is 50.4 Å². The Morgan fingerprint density at radius 2 is 1.88 bits per heavy atom. The monoisotopic (exact) mass is 386 g/mol. The third-order valence-electron chi connectivity index (χ3n) is 3.65. The third-order valence-corrected chi connectivity index (χ3v) is 4.62. The van der Waals surface area contributed by atoms with Gasteiger partial charge in [0.2, 0.25) is 0 Å². The molecule has 24 heavy (non-hydrogen) atoms. The van der Waals surface area contributed by atoms with Gasteiger partial charge in [-0.15, -0.1) is 0 Å². The van der Waals surface area contributed by atoms with Gasteiger partial charge in [0.15, 0.2) is 0 Å². The van der Waals surface area contributed by atoms with Crippen molar-refractivity contribution in [2.24, 2.45) is 0 Å². The normalized spacial score (nSPS) is 13.2. The Morgan fingerprint density at radius 1 is 1.12 bits per heavy atom. The Morgan fingerprint density at radius 3 is 2.50 bits per heavy atom. The van der Waals surface area contributed by atoms with E-state index in [9.17, 15) is 4.79 Å². The van der Waals surface area contributed by atoms with Crippen molar-refractivity contribution in [3.63, 3.8) is 0 Å². The summed E-state index contributed by atoms with van der Waals surface area (Å²) in [4.78, 5) is 12.1. The van der Waals surface area contributed by atoms with Gasteiger partial charge in [-0.25, -0.2) is 4.79 Å². The van der Waals surface area contributed by atoms with Crippen molar-refractivity contribution in [1.82, 2.24) is 5.32 Å². The molecule has 0 aliphatic heterocycles. The second kappa shape index (κ2) is 8.08. The van der Waals surface area contributed by atoms with Crippen LogP contribution in [0.25, 0.3) is 0 Å². The zero-order valence-electron chi connectivity index (χ0n) is 13.2. The number of ether oxygens (including phenoxy) is 1. The van der Waals surface area contributed by atoms with Crippen molar-refractivity contribution in [3.8, 4) is 0 Å². The fraction of sp³-hybridized carbons (Fsp3) is 0.235. The number of carbonyl (C=O) groups excluding carboxylic acids is 1. The van der Waals surface area contributed by atoms with E-state index in [4.69, 9.17) is 39.5 Å². The highest BCUT2D eigenvalue weighted by atomic mass is 35.5. The average molecular weight is 388 g/mol. The largest absolute Gasteiger partial charge is 0.372 e. The van der Waals surface area contributed by atoms with E-state index in [0.29, 0.717) is 20.8 Å². The van der Waals surface area contributed by atoms with Gasteiger partial charge in [-0.1, -0.05) is 46.9 Å². The molecule has 0 heterocycles. The maximum absolute atomic E-state index is 12.1. The molecule has 0 aromatic heterocycles. The molecule has 2 amide bonds. The molecule has 0 saturated heterocycles. The highest BCUT2D eigenvalue weighted by Crippen LogP contribution is 2.27. The van der Waals surface area contributed by atoms with Gasteiger partial charge in [-0.05, 0) is 42.8 Å². The molecule has 1 unspecified atom stereocenters. The number of urea groups is 1. The number of benzene rings is 2. The van der Waals surface area contributed by atoms with Crippen LogP contribution in [0, 0.1) is 0 Å². The fourth-order valence-electron chi connectivity index (χ4n) is 2.11. The number of halogens is 3. The number of nitrogens with one attached hydrogen (secondary N) is 2. The van der Waals surface area contributed by atoms with Crippen molar-refractivity contribution < 1.29 is 9.53 Å². The summed E-state index contributed by atoms with van der Waals surface area (Å²) in [6, 6.07) is 11.8. The Hall–Kier alpha value is -1.46. The van der Waals surface area contributed by atoms with Gasteiger partial charge in [0.25, 0.3) is 0 Å². The van der Waals surface area contributed by atoms with Crippen molar-refractivity contribution in [2.45, 2.75) is 12.5 Å². The number of amides is 2. The summed E-state index contributed by atoms with van der Waals surface area (Å²) < 4.78 is 5.57. The van der Waals surface area contributed by atoms with Crippen molar-refractivity contribution in [3.05, 3.63) is 63.1 Å². The predicted octanol–water partition coefficient (Wildman–Crippen LogP) is 5.33. The lowest BCUT2D eigenvalue weighted by atomic mass is 9.96. The quantitative estimate of drug-likeness (QED) is 0.728. The molecule has 2 aromatic rings. The van der Waals surface area contributed by atoms with Crippen molar-refractivity contribution in [1.29, 1.82) is 0 Å². The number of hydrogen-bond donors (Lipinski definition) is 2. The van der Waals surface area contributed by atoms with Crippen LogP contribution >= 0.6 is 34.8 Å². The molecular weight excluding hydrogens is 371 g/mol. The maximum atomic E-state index is 12.1. The first kappa shape index (κ1) is 18.9. The molecular formula is C17H17Cl3N2O2. The fourth-order valence-corrected chi connectivity index (χ4v) is 2.60. The Bertz CT molecular complexity index is 740. The minimum atomic E-state index is -0.708. The van der Waals surface area contributed by atoms with Gasteiger partial charge in [-0.3, -0.25) is 0 Å². The minimum absolute atomic E-state index is 0.261. The van der Waals surface area contributed by atoms with E-state index in [2.05, 4.69) is 10.6 Å². The SMILES string of the molecule is COC(C)(CNC(=O)Nc1ccc(Cl)c(Cl)c1)c1cccc(Cl)c1. The van der Waals surface area contributed by atoms with Crippen molar-refractivity contribution >= 4 is 46.5 Å². The second-order valence-electron chi connectivity index (χ2n) is 5.38. The summed E-state index contributed by atoms with van der Waals surface area (Å²) in [5.41, 5.74) is 0.705. The lowest BCUT2D eigenvalue weighted by Crippen LogP contribution is -2.41. The number of carbonyl (C=O) groups is 1. The third kappa shape index (κ3) is 4.77. The number of anilines is 1. The van der Waals surface area contributed by atoms with Crippen LogP contribution in [0.5, 0.6) is 0 Å². The Labute approximate surface area is 156 Å². The average Bonchev–Trinajstić information content (AvgIpc) is 2.56. The molecule has 0 radical (unpaired) electrons. The molecule has 0 saturated carbocycles. The van der Waals surface area contributed by atoms with Crippen LogP contribution in [0.2, 0.25) is 15.1 Å². The Kier molecular flexibility index (Phi) is 6.35. The van der Waals surface area contributed by atoms with E-state index in [0.717, 1.165) is 5.56 Å². The van der Waals surface area contributed by atoms with Crippen LogP contribution in [0.15, 0.2) is 42.5 Å². The number of rotatable bonds is 5. The summed E-state index contributed by atoms with van der Waals surface area (Å²) in [7, 11) is 1.58. The van der Waals surface area contributed by atoms with Crippen LogP contribution < -0.4 is 10.6 Å². The van der Waals surface area contributed by atoms with E-state index in [1.54, 1.807) is 31.4 Å². The van der Waals surface area contributed by atoms with Crippen LogP contribution in [0.3, 0.4) is 0 Å². The van der Waals surface area contributed by atoms with E-state index in [-0.39, 0.29) is 12.6 Å². The first-order valence-corrected chi connectivity index (χ1v) is 8.28. The molecule has 0 spiro atoms. The van der Waals surface area contributed by atoms with Gasteiger partial charge in [0.05, 0.1) is 16.6 Å². The van der Waals surface area contributed by atoms with Gasteiger partial charge >= 0.3 is 6.03 Å². The summed E-state index contributed by atoms with van der Waals surface area (Å²) in [5, 5.41) is 6.88. The second-order valence-corrected chi connectivity index (χ2v) is 6.63. The smallest absolute Gasteiger partial charge is 0.319 e. The zero-order chi connectivity index (χ0) is 17.7. The highest BCUT2D eigenvalue weighted by molar-refractivity contribution is 6.42. The van der Waals surface area contributed by atoms with E-state index in [1.807, 2.05) is 25.1 Å². The first-order valence-electron chi connectivity index (χ1n) is 7.15. The summed E-state index contributed by atoms with van der Waals surface area (Å²) in [5.74, 6) is 0. The molecule has 128 valence electrons. The lowest BCUT2D eigenvalue weighted by Gasteiger charge is -2.29. The molecule has 1 atom stereocenters. The molecule has 2 aromatic carbocycles. The predicted molar refractivity (Wildman–Crippen MR) is 99.3 cm³/mol. The standard InChI is InChI=1S/C17H17Cl3N2O2/c1-17(24-2,11-4-3-5-12(18)8-11)10-21-16(23)22-13-6-7-14(19)15(20)9-13/h3-9H,10H2,1-2H3,(H2,21,22,23). The summed E-state index contributed by atoms with van der Waals surface area (Å²) in [6.07, 6.45) is 0. The molecule has 2 N–H and O–H groups in total. The lowest BCUT2D eigenvalue weighted by molar-refractivity contribution is 0.00521. The van der Waals surface area contributed by atoms with Gasteiger partial charge < -0.3 is 15.4 Å². The maximum Gasteiger partial charge on any atom is 0.319 e. The summed E-state index contributed by atoms with van der Waals surface area (Å²) in [6.45, 7) is 2.13. The van der Waals surface area contributed by atoms with Gasteiger partial charge in [0, 0.05) is 17.8 Å². The van der Waals surface area contributed by atoms with Crippen LogP contribution in [-0.2, 0) is 10.3 Å². The van der Waals surface area contributed by atoms with E-state index >= 15 is 0 Å². The minimum Gasteiger partial charge on any atom is -0.372 e. The van der Waals surface area contributed by atoms with Crippen LogP contribution in [-0.4, -0.2) is 19.7 Å². The first-order chi connectivity index (χ1) is 11.3. The summed E-state index contributed by atoms with van der Waals surface area (Å²) >= 11 is 17.8. The van der Waals surface area contributed by atoms with Crippen LogP contribution in [0.1, 0.15) is 12.5 Å².